The number of aromatic nitrogens is 2. The molecule has 0 saturated heterocycles. The number of carbonyl (C=O) groups excluding carboxylic acids is 1. The topological polar surface area (TPSA) is 34.4 Å². The first-order valence-electron chi connectivity index (χ1n) is 5.64. The second-order valence-electron chi connectivity index (χ2n) is 3.91. The molecule has 2 aromatic heterocycles. The Hall–Kier alpha value is -1.91. The van der Waals surface area contributed by atoms with Crippen molar-refractivity contribution in [1.82, 2.24) is 9.38 Å². The molecule has 2 heterocycles. The van der Waals surface area contributed by atoms with E-state index in [4.69, 9.17) is 11.6 Å². The van der Waals surface area contributed by atoms with Crippen molar-refractivity contribution in [2.24, 2.45) is 0 Å². The quantitative estimate of drug-likeness (QED) is 0.540. The number of ketones is 1. The third kappa shape index (κ3) is 2.32. The number of fused-ring (bicyclic) bond motifs is 1. The van der Waals surface area contributed by atoms with E-state index < -0.39 is 0 Å². The molecule has 0 fully saturated rings. The Morgan fingerprint density at radius 2 is 2.11 bits per heavy atom. The van der Waals surface area contributed by atoms with Gasteiger partial charge in [-0.05, 0) is 12.2 Å². The van der Waals surface area contributed by atoms with E-state index in [-0.39, 0.29) is 5.78 Å². The minimum Gasteiger partial charge on any atom is -0.289 e. The number of rotatable bonds is 3. The van der Waals surface area contributed by atoms with Gasteiger partial charge in [0, 0.05) is 17.1 Å². The molecule has 0 bridgehead atoms. The van der Waals surface area contributed by atoms with Gasteiger partial charge in [0.1, 0.15) is 0 Å². The lowest BCUT2D eigenvalue weighted by Crippen LogP contribution is -1.93. The highest BCUT2D eigenvalue weighted by atomic mass is 35.5. The number of nitrogens with zero attached hydrogens (tertiary/aromatic N) is 2. The number of hydrogen-bond donors (Lipinski definition) is 0. The van der Waals surface area contributed by atoms with Crippen molar-refractivity contribution in [3.63, 3.8) is 0 Å². The summed E-state index contributed by atoms with van der Waals surface area (Å²) in [6.45, 7) is 0. The molecule has 0 aliphatic carbocycles. The van der Waals surface area contributed by atoms with E-state index in [2.05, 4.69) is 4.98 Å². The van der Waals surface area contributed by atoms with Crippen molar-refractivity contribution < 1.29 is 4.79 Å². The first-order chi connectivity index (χ1) is 9.25. The average Bonchev–Trinajstić information content (AvgIpc) is 2.98. The lowest BCUT2D eigenvalue weighted by atomic mass is 10.1. The zero-order chi connectivity index (χ0) is 13.2. The second-order valence-corrected chi connectivity index (χ2v) is 5.14. The lowest BCUT2D eigenvalue weighted by Gasteiger charge is -1.94. The number of carbonyl (C=O) groups is 1. The molecular formula is C14H9ClN2OS. The summed E-state index contributed by atoms with van der Waals surface area (Å²) in [5.74, 6) is -0.0538. The molecule has 3 nitrogen and oxygen atoms in total. The van der Waals surface area contributed by atoms with Crippen molar-refractivity contribution in [3.05, 3.63) is 64.4 Å². The van der Waals surface area contributed by atoms with E-state index in [0.29, 0.717) is 10.7 Å². The van der Waals surface area contributed by atoms with Gasteiger partial charge in [0.25, 0.3) is 0 Å². The highest BCUT2D eigenvalue weighted by molar-refractivity contribution is 7.15. The molecule has 0 aliphatic heterocycles. The Bertz CT molecular complexity index is 758. The van der Waals surface area contributed by atoms with Gasteiger partial charge in [-0.25, -0.2) is 4.98 Å². The Labute approximate surface area is 118 Å². The summed E-state index contributed by atoms with van der Waals surface area (Å²) in [7, 11) is 0. The van der Waals surface area contributed by atoms with Crippen LogP contribution in [0.5, 0.6) is 0 Å². The van der Waals surface area contributed by atoms with Crippen LogP contribution in [-0.2, 0) is 0 Å². The lowest BCUT2D eigenvalue weighted by molar-refractivity contribution is 0.104. The van der Waals surface area contributed by atoms with Crippen LogP contribution in [0.2, 0.25) is 5.15 Å². The molecular weight excluding hydrogens is 280 g/mol. The molecule has 0 aliphatic rings. The zero-order valence-electron chi connectivity index (χ0n) is 9.79. The first-order valence-corrected chi connectivity index (χ1v) is 6.90. The Balaban J connectivity index is 1.92. The molecule has 19 heavy (non-hydrogen) atoms. The summed E-state index contributed by atoms with van der Waals surface area (Å²) in [5, 5.41) is 2.33. The Morgan fingerprint density at radius 3 is 2.89 bits per heavy atom. The summed E-state index contributed by atoms with van der Waals surface area (Å²) in [6.07, 6.45) is 5.10. The zero-order valence-corrected chi connectivity index (χ0v) is 11.4. The van der Waals surface area contributed by atoms with Gasteiger partial charge in [-0.3, -0.25) is 9.20 Å². The van der Waals surface area contributed by atoms with Gasteiger partial charge in [-0.1, -0.05) is 41.9 Å². The summed E-state index contributed by atoms with van der Waals surface area (Å²) in [4.78, 5) is 17.0. The average molecular weight is 289 g/mol. The fourth-order valence-corrected chi connectivity index (χ4v) is 2.78. The second kappa shape index (κ2) is 4.99. The number of halogens is 1. The van der Waals surface area contributed by atoms with Gasteiger partial charge in [0.15, 0.2) is 15.9 Å². The van der Waals surface area contributed by atoms with Crippen LogP contribution in [-0.4, -0.2) is 15.2 Å². The van der Waals surface area contributed by atoms with E-state index in [1.165, 1.54) is 17.4 Å². The molecule has 3 aromatic rings. The number of allylic oxidation sites excluding steroid dienone is 1. The van der Waals surface area contributed by atoms with Crippen molar-refractivity contribution in [1.29, 1.82) is 0 Å². The summed E-state index contributed by atoms with van der Waals surface area (Å²) >= 11 is 7.55. The molecule has 0 spiro atoms. The fourth-order valence-electron chi connectivity index (χ4n) is 1.78. The van der Waals surface area contributed by atoms with Gasteiger partial charge >= 0.3 is 0 Å². The highest BCUT2D eigenvalue weighted by Crippen LogP contribution is 2.22. The maximum absolute atomic E-state index is 12.0. The molecule has 0 radical (unpaired) electrons. The number of thiazole rings is 1. The minimum atomic E-state index is -0.0538. The number of hydrogen-bond acceptors (Lipinski definition) is 3. The van der Waals surface area contributed by atoms with Crippen LogP contribution in [0.15, 0.2) is 48.0 Å². The first kappa shape index (κ1) is 12.1. The van der Waals surface area contributed by atoms with E-state index in [9.17, 15) is 4.79 Å². The predicted octanol–water partition coefficient (Wildman–Crippen LogP) is 3.95. The normalized spacial score (nSPS) is 11.4. The molecule has 5 heteroatoms. The maximum atomic E-state index is 12.0. The molecule has 0 saturated carbocycles. The molecule has 0 amide bonds. The standard InChI is InChI=1S/C14H9ClN2OS/c15-13-11(17-8-9-19-14(17)16-13)6-7-12(18)10-4-2-1-3-5-10/h1-9H/b7-6+. The molecule has 3 rings (SSSR count). The van der Waals surface area contributed by atoms with Crippen LogP contribution in [0.25, 0.3) is 11.0 Å². The predicted molar refractivity (Wildman–Crippen MR) is 77.9 cm³/mol. The summed E-state index contributed by atoms with van der Waals surface area (Å²) in [5.41, 5.74) is 1.38. The summed E-state index contributed by atoms with van der Waals surface area (Å²) in [6, 6.07) is 9.12. The molecule has 1 aromatic carbocycles. The molecule has 0 atom stereocenters. The van der Waals surface area contributed by atoms with Crippen LogP contribution >= 0.6 is 22.9 Å². The van der Waals surface area contributed by atoms with Crippen molar-refractivity contribution in [3.8, 4) is 0 Å². The van der Waals surface area contributed by atoms with Crippen LogP contribution in [0.1, 0.15) is 16.1 Å². The van der Waals surface area contributed by atoms with Gasteiger partial charge in [-0.2, -0.15) is 0 Å². The number of imidazole rings is 1. The Morgan fingerprint density at radius 1 is 1.32 bits per heavy atom. The smallest absolute Gasteiger partial charge is 0.195 e. The SMILES string of the molecule is O=C(/C=C/c1c(Cl)nc2sccn12)c1ccccc1. The third-order valence-electron chi connectivity index (χ3n) is 2.71. The van der Waals surface area contributed by atoms with Crippen molar-refractivity contribution in [2.45, 2.75) is 0 Å². The van der Waals surface area contributed by atoms with Gasteiger partial charge < -0.3 is 0 Å². The van der Waals surface area contributed by atoms with E-state index in [1.54, 1.807) is 18.2 Å². The van der Waals surface area contributed by atoms with Gasteiger partial charge in [0.05, 0.1) is 5.69 Å². The van der Waals surface area contributed by atoms with E-state index in [0.717, 1.165) is 10.7 Å². The summed E-state index contributed by atoms with van der Waals surface area (Å²) < 4.78 is 1.86. The van der Waals surface area contributed by atoms with Gasteiger partial charge in [-0.15, -0.1) is 11.3 Å². The third-order valence-corrected chi connectivity index (χ3v) is 3.74. The van der Waals surface area contributed by atoms with E-state index >= 15 is 0 Å². The van der Waals surface area contributed by atoms with Crippen molar-refractivity contribution in [2.75, 3.05) is 0 Å². The van der Waals surface area contributed by atoms with Crippen molar-refractivity contribution >= 4 is 39.8 Å². The van der Waals surface area contributed by atoms with Gasteiger partial charge in [0.2, 0.25) is 0 Å². The molecule has 0 unspecified atom stereocenters. The van der Waals surface area contributed by atoms with E-state index in [1.807, 2.05) is 34.2 Å². The van der Waals surface area contributed by atoms with Crippen LogP contribution in [0, 0.1) is 0 Å². The number of benzene rings is 1. The Kier molecular flexibility index (Phi) is 3.19. The monoisotopic (exact) mass is 288 g/mol. The molecule has 0 N–H and O–H groups in total. The fraction of sp³-hybridized carbons (Fsp3) is 0. The highest BCUT2D eigenvalue weighted by Gasteiger charge is 2.09. The largest absolute Gasteiger partial charge is 0.289 e. The van der Waals surface area contributed by atoms with Crippen LogP contribution < -0.4 is 0 Å². The maximum Gasteiger partial charge on any atom is 0.195 e. The minimum absolute atomic E-state index is 0.0538. The van der Waals surface area contributed by atoms with Crippen LogP contribution in [0.3, 0.4) is 0 Å². The van der Waals surface area contributed by atoms with Crippen LogP contribution in [0.4, 0.5) is 0 Å². The molecule has 94 valence electrons.